The Morgan fingerprint density at radius 1 is 1.43 bits per heavy atom. The lowest BCUT2D eigenvalue weighted by Gasteiger charge is -2.29. The first-order valence-corrected chi connectivity index (χ1v) is 7.70. The number of aryl methyl sites for hydroxylation is 1. The minimum atomic E-state index is -0.989. The molecule has 0 aliphatic rings. The van der Waals surface area contributed by atoms with Gasteiger partial charge in [0.2, 0.25) is 0 Å². The van der Waals surface area contributed by atoms with Crippen molar-refractivity contribution < 1.29 is 9.90 Å². The Morgan fingerprint density at radius 2 is 2.14 bits per heavy atom. The predicted octanol–water partition coefficient (Wildman–Crippen LogP) is 3.75. The molecule has 1 heterocycles. The number of carboxylic acids is 1. The number of nitrogen functional groups attached to an aromatic ring is 1. The van der Waals surface area contributed by atoms with Crippen molar-refractivity contribution in [1.29, 1.82) is 0 Å². The second-order valence-electron chi connectivity index (χ2n) is 5.33. The largest absolute Gasteiger partial charge is 0.478 e. The summed E-state index contributed by atoms with van der Waals surface area (Å²) in [4.78, 5) is 14.8. The minimum Gasteiger partial charge on any atom is -0.478 e. The van der Waals surface area contributed by atoms with Crippen LogP contribution in [0.5, 0.6) is 0 Å². The molecule has 0 spiro atoms. The van der Waals surface area contributed by atoms with Gasteiger partial charge in [0.1, 0.15) is 0 Å². The van der Waals surface area contributed by atoms with E-state index in [1.165, 1.54) is 4.88 Å². The molecule has 0 saturated carbocycles. The third-order valence-corrected chi connectivity index (χ3v) is 4.32. The van der Waals surface area contributed by atoms with Crippen LogP contribution in [0.3, 0.4) is 0 Å². The maximum Gasteiger partial charge on any atom is 0.337 e. The number of aromatic carboxylic acids is 1. The Balaban J connectivity index is 2.43. The number of hydrogen-bond donors (Lipinski definition) is 2. The van der Waals surface area contributed by atoms with Gasteiger partial charge in [0.25, 0.3) is 0 Å². The van der Waals surface area contributed by atoms with E-state index in [0.717, 1.165) is 17.8 Å². The summed E-state index contributed by atoms with van der Waals surface area (Å²) < 4.78 is 0. The summed E-state index contributed by atoms with van der Waals surface area (Å²) in [5.74, 6) is -0.989. The van der Waals surface area contributed by atoms with E-state index >= 15 is 0 Å². The van der Waals surface area contributed by atoms with Crippen LogP contribution in [0.4, 0.5) is 11.4 Å². The number of hydrogen-bond acceptors (Lipinski definition) is 4. The van der Waals surface area contributed by atoms with Crippen LogP contribution in [0, 0.1) is 6.92 Å². The van der Waals surface area contributed by atoms with Crippen molar-refractivity contribution in [2.45, 2.75) is 33.4 Å². The molecular weight excluding hydrogens is 284 g/mol. The number of rotatable bonds is 5. The van der Waals surface area contributed by atoms with E-state index in [2.05, 4.69) is 24.8 Å². The summed E-state index contributed by atoms with van der Waals surface area (Å²) in [7, 11) is 0. The van der Waals surface area contributed by atoms with Crippen LogP contribution in [0.15, 0.2) is 29.6 Å². The normalized spacial score (nSPS) is 10.9. The Bertz CT molecular complexity index is 636. The third kappa shape index (κ3) is 3.36. The SMILES string of the molecule is Cc1cc(N(Cc2cccs2)C(C)C)cc(C(=O)O)c1N. The summed E-state index contributed by atoms with van der Waals surface area (Å²) in [5.41, 5.74) is 8.06. The smallest absolute Gasteiger partial charge is 0.337 e. The second kappa shape index (κ2) is 6.18. The number of thiophene rings is 1. The van der Waals surface area contributed by atoms with Crippen LogP contribution in [0.1, 0.15) is 34.6 Å². The van der Waals surface area contributed by atoms with Crippen LogP contribution in [-0.4, -0.2) is 17.1 Å². The van der Waals surface area contributed by atoms with Gasteiger partial charge < -0.3 is 15.7 Å². The van der Waals surface area contributed by atoms with E-state index in [1.807, 2.05) is 24.4 Å². The van der Waals surface area contributed by atoms with Crippen LogP contribution < -0.4 is 10.6 Å². The molecule has 0 saturated heterocycles. The Hall–Kier alpha value is -2.01. The lowest BCUT2D eigenvalue weighted by Crippen LogP contribution is -2.30. The second-order valence-corrected chi connectivity index (χ2v) is 6.36. The quantitative estimate of drug-likeness (QED) is 0.826. The first kappa shape index (κ1) is 15.4. The highest BCUT2D eigenvalue weighted by molar-refractivity contribution is 7.09. The molecular formula is C16H20N2O2S. The standard InChI is InChI=1S/C16H20N2O2S/c1-10(2)18(9-13-5-4-6-21-13)12-7-11(3)15(17)14(8-12)16(19)20/h4-8,10H,9,17H2,1-3H3,(H,19,20). The minimum absolute atomic E-state index is 0.168. The summed E-state index contributed by atoms with van der Waals surface area (Å²) in [6, 6.07) is 7.99. The fourth-order valence-corrected chi connectivity index (χ4v) is 2.97. The van der Waals surface area contributed by atoms with Crippen LogP contribution in [0.2, 0.25) is 0 Å². The molecule has 0 bridgehead atoms. The molecule has 112 valence electrons. The van der Waals surface area contributed by atoms with Gasteiger partial charge >= 0.3 is 5.97 Å². The van der Waals surface area contributed by atoms with E-state index in [1.54, 1.807) is 17.4 Å². The molecule has 0 radical (unpaired) electrons. The topological polar surface area (TPSA) is 66.6 Å². The zero-order chi connectivity index (χ0) is 15.6. The Labute approximate surface area is 128 Å². The first-order valence-electron chi connectivity index (χ1n) is 6.82. The molecule has 21 heavy (non-hydrogen) atoms. The molecule has 0 amide bonds. The van der Waals surface area contributed by atoms with Crippen molar-refractivity contribution >= 4 is 28.7 Å². The number of benzene rings is 1. The molecule has 0 unspecified atom stereocenters. The van der Waals surface area contributed by atoms with Gasteiger partial charge in [-0.1, -0.05) is 6.07 Å². The Kier molecular flexibility index (Phi) is 4.53. The summed E-state index contributed by atoms with van der Waals surface area (Å²) >= 11 is 1.70. The number of nitrogens with zero attached hydrogens (tertiary/aromatic N) is 1. The molecule has 4 nitrogen and oxygen atoms in total. The van der Waals surface area contributed by atoms with E-state index in [-0.39, 0.29) is 11.6 Å². The summed E-state index contributed by atoms with van der Waals surface area (Å²) in [6.07, 6.45) is 0. The highest BCUT2D eigenvalue weighted by Crippen LogP contribution is 2.28. The lowest BCUT2D eigenvalue weighted by molar-refractivity contribution is 0.0698. The molecule has 0 aliphatic carbocycles. The highest BCUT2D eigenvalue weighted by Gasteiger charge is 2.17. The number of carbonyl (C=O) groups is 1. The number of carboxylic acid groups (broad SMARTS) is 1. The average Bonchev–Trinajstić information content (AvgIpc) is 2.91. The molecule has 2 aromatic rings. The summed E-state index contributed by atoms with van der Waals surface area (Å²) in [5, 5.41) is 11.3. The monoisotopic (exact) mass is 304 g/mol. The molecule has 1 aromatic heterocycles. The van der Waals surface area contributed by atoms with Gasteiger partial charge in [-0.2, -0.15) is 0 Å². The molecule has 1 aromatic carbocycles. The van der Waals surface area contributed by atoms with Crippen LogP contribution >= 0.6 is 11.3 Å². The number of nitrogens with two attached hydrogens (primary N) is 1. The third-order valence-electron chi connectivity index (χ3n) is 3.46. The fourth-order valence-electron chi connectivity index (χ4n) is 2.26. The van der Waals surface area contributed by atoms with E-state index < -0.39 is 5.97 Å². The molecule has 3 N–H and O–H groups in total. The Morgan fingerprint density at radius 3 is 2.67 bits per heavy atom. The van der Waals surface area contributed by atoms with Gasteiger partial charge in [0.05, 0.1) is 12.1 Å². The van der Waals surface area contributed by atoms with E-state index in [9.17, 15) is 9.90 Å². The van der Waals surface area contributed by atoms with Crippen molar-refractivity contribution in [2.24, 2.45) is 0 Å². The number of anilines is 2. The molecule has 2 rings (SSSR count). The molecule has 0 aliphatic heterocycles. The van der Waals surface area contributed by atoms with Crippen LogP contribution in [-0.2, 0) is 6.54 Å². The van der Waals surface area contributed by atoms with Crippen molar-refractivity contribution in [3.63, 3.8) is 0 Å². The lowest BCUT2D eigenvalue weighted by atomic mass is 10.1. The van der Waals surface area contributed by atoms with E-state index in [0.29, 0.717) is 5.69 Å². The van der Waals surface area contributed by atoms with Crippen molar-refractivity contribution in [3.8, 4) is 0 Å². The maximum absolute atomic E-state index is 11.3. The predicted molar refractivity (Wildman–Crippen MR) is 88.2 cm³/mol. The van der Waals surface area contributed by atoms with Gasteiger partial charge in [-0.15, -0.1) is 11.3 Å². The zero-order valence-electron chi connectivity index (χ0n) is 12.5. The van der Waals surface area contributed by atoms with E-state index in [4.69, 9.17) is 5.73 Å². The first-order chi connectivity index (χ1) is 9.90. The summed E-state index contributed by atoms with van der Waals surface area (Å²) in [6.45, 7) is 6.80. The maximum atomic E-state index is 11.3. The average molecular weight is 304 g/mol. The van der Waals surface area contributed by atoms with Gasteiger partial charge in [0.15, 0.2) is 0 Å². The molecule has 0 atom stereocenters. The van der Waals surface area contributed by atoms with Crippen molar-refractivity contribution in [3.05, 3.63) is 45.6 Å². The fraction of sp³-hybridized carbons (Fsp3) is 0.312. The van der Waals surface area contributed by atoms with Gasteiger partial charge in [-0.05, 0) is 49.9 Å². The van der Waals surface area contributed by atoms with Gasteiger partial charge in [0, 0.05) is 22.3 Å². The highest BCUT2D eigenvalue weighted by atomic mass is 32.1. The van der Waals surface area contributed by atoms with Gasteiger partial charge in [-0.3, -0.25) is 0 Å². The zero-order valence-corrected chi connectivity index (χ0v) is 13.3. The van der Waals surface area contributed by atoms with Gasteiger partial charge in [-0.25, -0.2) is 4.79 Å². The molecule has 5 heteroatoms. The van der Waals surface area contributed by atoms with Crippen molar-refractivity contribution in [1.82, 2.24) is 0 Å². The van der Waals surface area contributed by atoms with Crippen molar-refractivity contribution in [2.75, 3.05) is 10.6 Å². The molecule has 0 fully saturated rings. The van der Waals surface area contributed by atoms with Crippen LogP contribution in [0.25, 0.3) is 0 Å².